The molecule has 21 heavy (non-hydrogen) atoms. The molecular formula is C15H18N4O2. The number of nitrogen functional groups attached to an aromatic ring is 1. The van der Waals surface area contributed by atoms with Crippen LogP contribution in [-0.4, -0.2) is 29.9 Å². The lowest BCUT2D eigenvalue weighted by molar-refractivity contribution is 0.0785. The van der Waals surface area contributed by atoms with Gasteiger partial charge in [0.15, 0.2) is 5.82 Å². The summed E-state index contributed by atoms with van der Waals surface area (Å²) in [5.41, 5.74) is 3.85. The van der Waals surface area contributed by atoms with Gasteiger partial charge in [-0.2, -0.15) is 0 Å². The minimum absolute atomic E-state index is 0.154. The van der Waals surface area contributed by atoms with Gasteiger partial charge in [-0.15, -0.1) is 0 Å². The van der Waals surface area contributed by atoms with Crippen LogP contribution in [0.1, 0.15) is 15.9 Å². The van der Waals surface area contributed by atoms with E-state index in [0.29, 0.717) is 17.9 Å². The van der Waals surface area contributed by atoms with Gasteiger partial charge in [0.2, 0.25) is 0 Å². The van der Waals surface area contributed by atoms with Crippen LogP contribution in [0.15, 0.2) is 42.6 Å². The van der Waals surface area contributed by atoms with Gasteiger partial charge >= 0.3 is 0 Å². The molecule has 1 amide bonds. The first-order valence-corrected chi connectivity index (χ1v) is 6.45. The van der Waals surface area contributed by atoms with Gasteiger partial charge in [-0.25, -0.2) is 10.8 Å². The molecule has 110 valence electrons. The number of pyridine rings is 1. The fourth-order valence-electron chi connectivity index (χ4n) is 2.02. The van der Waals surface area contributed by atoms with Gasteiger partial charge in [-0.05, 0) is 29.8 Å². The average Bonchev–Trinajstić information content (AvgIpc) is 2.54. The lowest BCUT2D eigenvalue weighted by atomic mass is 10.1. The molecule has 3 N–H and O–H groups in total. The summed E-state index contributed by atoms with van der Waals surface area (Å²) >= 11 is 0. The quantitative estimate of drug-likeness (QED) is 0.645. The number of hydrazine groups is 1. The van der Waals surface area contributed by atoms with Crippen LogP contribution in [0.4, 0.5) is 5.82 Å². The molecule has 0 spiro atoms. The van der Waals surface area contributed by atoms with Crippen molar-refractivity contribution < 1.29 is 9.53 Å². The molecule has 0 bridgehead atoms. The molecular weight excluding hydrogens is 268 g/mol. The number of amides is 1. The lowest BCUT2D eigenvalue weighted by Crippen LogP contribution is -2.28. The number of aromatic nitrogens is 1. The molecule has 1 aromatic carbocycles. The molecule has 6 nitrogen and oxygen atoms in total. The van der Waals surface area contributed by atoms with Crippen molar-refractivity contribution in [2.24, 2.45) is 5.84 Å². The maximum absolute atomic E-state index is 12.4. The molecule has 1 heterocycles. The number of rotatable bonds is 5. The van der Waals surface area contributed by atoms with Crippen molar-refractivity contribution in [2.75, 3.05) is 19.6 Å². The summed E-state index contributed by atoms with van der Waals surface area (Å²) < 4.78 is 5.18. The molecule has 2 rings (SSSR count). The number of carbonyl (C=O) groups is 1. The fraction of sp³-hybridized carbons (Fsp3) is 0.200. The molecule has 0 saturated heterocycles. The predicted molar refractivity (Wildman–Crippen MR) is 80.8 cm³/mol. The summed E-state index contributed by atoms with van der Waals surface area (Å²) in [6, 6.07) is 11.0. The second kappa shape index (κ2) is 6.71. The van der Waals surface area contributed by atoms with Crippen LogP contribution in [0.25, 0.3) is 0 Å². The Morgan fingerprint density at radius 1 is 1.38 bits per heavy atom. The summed E-state index contributed by atoms with van der Waals surface area (Å²) in [6.45, 7) is 0.467. The number of hydrogen-bond donors (Lipinski definition) is 2. The highest BCUT2D eigenvalue weighted by atomic mass is 16.5. The smallest absolute Gasteiger partial charge is 0.257 e. The van der Waals surface area contributed by atoms with Crippen LogP contribution in [0.5, 0.6) is 5.75 Å². The van der Waals surface area contributed by atoms with Crippen LogP contribution in [0.2, 0.25) is 0 Å². The number of hydrogen-bond acceptors (Lipinski definition) is 5. The summed E-state index contributed by atoms with van der Waals surface area (Å²) in [5, 5.41) is 0. The molecule has 0 saturated carbocycles. The normalized spacial score (nSPS) is 10.0. The van der Waals surface area contributed by atoms with Gasteiger partial charge in [-0.1, -0.05) is 12.1 Å². The number of anilines is 1. The first-order chi connectivity index (χ1) is 10.2. The van der Waals surface area contributed by atoms with E-state index in [1.807, 2.05) is 24.3 Å². The highest BCUT2D eigenvalue weighted by Gasteiger charge is 2.16. The van der Waals surface area contributed by atoms with E-state index in [1.165, 1.54) is 0 Å². The predicted octanol–water partition coefficient (Wildman–Crippen LogP) is 1.65. The van der Waals surface area contributed by atoms with E-state index in [1.54, 1.807) is 37.4 Å². The monoisotopic (exact) mass is 286 g/mol. The Morgan fingerprint density at radius 2 is 2.19 bits per heavy atom. The zero-order chi connectivity index (χ0) is 15.2. The molecule has 0 radical (unpaired) electrons. The second-order valence-electron chi connectivity index (χ2n) is 4.56. The number of methoxy groups -OCH3 is 1. The number of nitrogens with one attached hydrogen (secondary N) is 1. The van der Waals surface area contributed by atoms with Crippen LogP contribution in [0.3, 0.4) is 0 Å². The van der Waals surface area contributed by atoms with Crippen molar-refractivity contribution in [1.29, 1.82) is 0 Å². The largest absolute Gasteiger partial charge is 0.497 e. The van der Waals surface area contributed by atoms with Crippen LogP contribution in [-0.2, 0) is 6.54 Å². The van der Waals surface area contributed by atoms with Crippen molar-refractivity contribution in [3.8, 4) is 5.75 Å². The second-order valence-corrected chi connectivity index (χ2v) is 4.56. The van der Waals surface area contributed by atoms with Crippen molar-refractivity contribution >= 4 is 11.7 Å². The van der Waals surface area contributed by atoms with E-state index in [4.69, 9.17) is 10.6 Å². The van der Waals surface area contributed by atoms with Crippen LogP contribution < -0.4 is 16.0 Å². The number of nitrogens with two attached hydrogens (primary N) is 1. The highest BCUT2D eigenvalue weighted by Crippen LogP contribution is 2.17. The zero-order valence-electron chi connectivity index (χ0n) is 12.0. The van der Waals surface area contributed by atoms with Crippen LogP contribution in [0, 0.1) is 0 Å². The summed E-state index contributed by atoms with van der Waals surface area (Å²) in [5.74, 6) is 6.35. The third kappa shape index (κ3) is 3.49. The van der Waals surface area contributed by atoms with E-state index in [-0.39, 0.29) is 5.91 Å². The third-order valence-electron chi connectivity index (χ3n) is 3.08. The highest BCUT2D eigenvalue weighted by molar-refractivity contribution is 5.98. The molecule has 0 aliphatic carbocycles. The van der Waals surface area contributed by atoms with E-state index in [9.17, 15) is 4.79 Å². The summed E-state index contributed by atoms with van der Waals surface area (Å²) in [4.78, 5) is 18.1. The van der Waals surface area contributed by atoms with E-state index in [0.717, 1.165) is 11.3 Å². The van der Waals surface area contributed by atoms with Gasteiger partial charge < -0.3 is 15.1 Å². The molecule has 2 aromatic rings. The number of nitrogens with zero attached hydrogens (tertiary/aromatic N) is 2. The van der Waals surface area contributed by atoms with Gasteiger partial charge in [-0.3, -0.25) is 4.79 Å². The first-order valence-electron chi connectivity index (χ1n) is 6.45. The standard InChI is InChI=1S/C15H18N4O2/c1-19(10-11-5-3-6-12(9-11)21-2)15(20)13-7-4-8-17-14(13)18-16/h3-9H,10,16H2,1-2H3,(H,17,18). The molecule has 1 aromatic heterocycles. The average molecular weight is 286 g/mol. The van der Waals surface area contributed by atoms with E-state index in [2.05, 4.69) is 10.4 Å². The summed E-state index contributed by atoms with van der Waals surface area (Å²) in [7, 11) is 3.35. The first kappa shape index (κ1) is 14.8. The van der Waals surface area contributed by atoms with E-state index >= 15 is 0 Å². The number of ether oxygens (including phenoxy) is 1. The fourth-order valence-corrected chi connectivity index (χ4v) is 2.02. The molecule has 0 aliphatic rings. The van der Waals surface area contributed by atoms with E-state index < -0.39 is 0 Å². The Kier molecular flexibility index (Phi) is 4.73. The Labute approximate surface area is 123 Å². The minimum atomic E-state index is -0.154. The Hall–Kier alpha value is -2.60. The van der Waals surface area contributed by atoms with Gasteiger partial charge in [0, 0.05) is 19.8 Å². The minimum Gasteiger partial charge on any atom is -0.497 e. The van der Waals surface area contributed by atoms with Crippen LogP contribution >= 0.6 is 0 Å². The maximum Gasteiger partial charge on any atom is 0.257 e. The zero-order valence-corrected chi connectivity index (χ0v) is 12.0. The number of carbonyl (C=O) groups excluding carboxylic acids is 1. The Balaban J connectivity index is 2.15. The third-order valence-corrected chi connectivity index (χ3v) is 3.08. The SMILES string of the molecule is COc1cccc(CN(C)C(=O)c2cccnc2NN)c1. The molecule has 0 atom stereocenters. The topological polar surface area (TPSA) is 80.5 Å². The Morgan fingerprint density at radius 3 is 2.90 bits per heavy atom. The van der Waals surface area contributed by atoms with Crippen molar-refractivity contribution in [1.82, 2.24) is 9.88 Å². The molecule has 6 heteroatoms. The van der Waals surface area contributed by atoms with Gasteiger partial charge in [0.1, 0.15) is 5.75 Å². The van der Waals surface area contributed by atoms with Crippen molar-refractivity contribution in [3.63, 3.8) is 0 Å². The maximum atomic E-state index is 12.4. The molecule has 0 unspecified atom stereocenters. The van der Waals surface area contributed by atoms with Gasteiger partial charge in [0.05, 0.1) is 12.7 Å². The van der Waals surface area contributed by atoms with Crippen molar-refractivity contribution in [2.45, 2.75) is 6.54 Å². The Bertz CT molecular complexity index is 631. The molecule has 0 fully saturated rings. The lowest BCUT2D eigenvalue weighted by Gasteiger charge is -2.18. The molecule has 0 aliphatic heterocycles. The summed E-state index contributed by atoms with van der Waals surface area (Å²) in [6.07, 6.45) is 1.58. The number of benzene rings is 1. The van der Waals surface area contributed by atoms with Gasteiger partial charge in [0.25, 0.3) is 5.91 Å². The van der Waals surface area contributed by atoms with Crippen molar-refractivity contribution in [3.05, 3.63) is 53.7 Å².